The highest BCUT2D eigenvalue weighted by molar-refractivity contribution is 9.11. The molecule has 21 heavy (non-hydrogen) atoms. The van der Waals surface area contributed by atoms with Crippen molar-refractivity contribution in [2.24, 2.45) is 0 Å². The average Bonchev–Trinajstić information content (AvgIpc) is 2.79. The second-order valence-electron chi connectivity index (χ2n) is 4.15. The number of sulfonamides is 1. The Hall–Kier alpha value is -1.56. The summed E-state index contributed by atoms with van der Waals surface area (Å²) in [5.41, 5.74) is 1.54. The lowest BCUT2D eigenvalue weighted by atomic mass is 10.2. The van der Waals surface area contributed by atoms with Crippen LogP contribution < -0.4 is 9.46 Å². The van der Waals surface area contributed by atoms with Crippen LogP contribution in [0.3, 0.4) is 0 Å². The minimum atomic E-state index is -3.69. The van der Waals surface area contributed by atoms with Crippen LogP contribution in [0.2, 0.25) is 0 Å². The molecule has 1 N–H and O–H groups in total. The summed E-state index contributed by atoms with van der Waals surface area (Å²) in [5, 5.41) is 8.84. The fourth-order valence-electron chi connectivity index (χ4n) is 1.60. The number of rotatable bonds is 4. The Morgan fingerprint density at radius 3 is 2.62 bits per heavy atom. The molecule has 0 aliphatic heterocycles. The second kappa shape index (κ2) is 6.05. The summed E-state index contributed by atoms with van der Waals surface area (Å²) in [7, 11) is -2.27. The Kier molecular flexibility index (Phi) is 4.56. The monoisotopic (exact) mass is 386 g/mol. The third-order valence-electron chi connectivity index (χ3n) is 2.67. The molecule has 0 saturated carbocycles. The van der Waals surface area contributed by atoms with Gasteiger partial charge in [0, 0.05) is 6.07 Å². The Morgan fingerprint density at radius 2 is 2.10 bits per heavy atom. The topological polar surface area (TPSA) is 79.2 Å². The van der Waals surface area contributed by atoms with E-state index in [2.05, 4.69) is 20.7 Å². The Morgan fingerprint density at radius 1 is 1.38 bits per heavy atom. The van der Waals surface area contributed by atoms with E-state index in [4.69, 9.17) is 10.00 Å². The van der Waals surface area contributed by atoms with Crippen molar-refractivity contribution in [3.05, 3.63) is 39.2 Å². The third kappa shape index (κ3) is 3.37. The maximum absolute atomic E-state index is 12.3. The van der Waals surface area contributed by atoms with Gasteiger partial charge >= 0.3 is 0 Å². The fourth-order valence-corrected chi connectivity index (χ4v) is 4.90. The molecule has 2 rings (SSSR count). The van der Waals surface area contributed by atoms with Crippen LogP contribution in [0.1, 0.15) is 11.1 Å². The zero-order valence-electron chi connectivity index (χ0n) is 11.2. The molecular weight excluding hydrogens is 376 g/mol. The van der Waals surface area contributed by atoms with E-state index in [0.717, 1.165) is 20.7 Å². The summed E-state index contributed by atoms with van der Waals surface area (Å²) in [4.78, 5) is 0. The first-order chi connectivity index (χ1) is 9.87. The Labute approximate surface area is 135 Å². The molecule has 0 spiro atoms. The number of halogens is 1. The molecule has 8 heteroatoms. The van der Waals surface area contributed by atoms with Crippen LogP contribution in [-0.4, -0.2) is 15.5 Å². The zero-order chi connectivity index (χ0) is 15.6. The molecule has 0 aliphatic rings. The summed E-state index contributed by atoms with van der Waals surface area (Å²) >= 11 is 4.44. The summed E-state index contributed by atoms with van der Waals surface area (Å²) in [6.45, 7) is 1.82. The predicted molar refractivity (Wildman–Crippen MR) is 85.3 cm³/mol. The van der Waals surface area contributed by atoms with Gasteiger partial charge in [-0.15, -0.1) is 11.3 Å². The molecule has 1 heterocycles. The smallest absolute Gasteiger partial charge is 0.271 e. The van der Waals surface area contributed by atoms with Crippen molar-refractivity contribution in [1.29, 1.82) is 5.26 Å². The minimum Gasteiger partial charge on any atom is -0.495 e. The molecule has 110 valence electrons. The predicted octanol–water partition coefficient (Wildman–Crippen LogP) is 3.50. The maximum atomic E-state index is 12.3. The Bertz CT molecular complexity index is 803. The van der Waals surface area contributed by atoms with Crippen molar-refractivity contribution in [2.45, 2.75) is 11.1 Å². The number of hydrogen-bond donors (Lipinski definition) is 1. The summed E-state index contributed by atoms with van der Waals surface area (Å²) in [6, 6.07) is 8.07. The number of thiophene rings is 1. The van der Waals surface area contributed by atoms with Crippen molar-refractivity contribution in [2.75, 3.05) is 11.8 Å². The van der Waals surface area contributed by atoms with Crippen molar-refractivity contribution in [3.63, 3.8) is 0 Å². The lowest BCUT2D eigenvalue weighted by Gasteiger charge is -2.10. The van der Waals surface area contributed by atoms with E-state index in [1.165, 1.54) is 25.3 Å². The molecule has 0 aliphatic carbocycles. The first kappa shape index (κ1) is 15.8. The molecule has 0 unspecified atom stereocenters. The van der Waals surface area contributed by atoms with Crippen LogP contribution in [0.4, 0.5) is 5.69 Å². The largest absolute Gasteiger partial charge is 0.495 e. The molecule has 0 radical (unpaired) electrons. The molecule has 5 nitrogen and oxygen atoms in total. The van der Waals surface area contributed by atoms with Gasteiger partial charge in [-0.05, 0) is 46.6 Å². The molecular formula is C13H11BrN2O3S2. The zero-order valence-corrected chi connectivity index (χ0v) is 14.4. The SMILES string of the molecule is COc1cc(C#N)ccc1NS(=O)(=O)c1cc(C)c(Br)s1. The first-order valence-electron chi connectivity index (χ1n) is 5.74. The Balaban J connectivity index is 2.39. The highest BCUT2D eigenvalue weighted by atomic mass is 79.9. The van der Waals surface area contributed by atoms with Crippen LogP contribution in [0, 0.1) is 18.3 Å². The van der Waals surface area contributed by atoms with E-state index in [9.17, 15) is 8.42 Å². The number of anilines is 1. The van der Waals surface area contributed by atoms with Gasteiger partial charge in [0.05, 0.1) is 28.2 Å². The van der Waals surface area contributed by atoms with E-state index in [0.29, 0.717) is 17.0 Å². The van der Waals surface area contributed by atoms with Gasteiger partial charge in [0.2, 0.25) is 0 Å². The van der Waals surface area contributed by atoms with E-state index < -0.39 is 10.0 Å². The first-order valence-corrected chi connectivity index (χ1v) is 8.83. The van der Waals surface area contributed by atoms with Gasteiger partial charge in [-0.3, -0.25) is 4.72 Å². The fraction of sp³-hybridized carbons (Fsp3) is 0.154. The van der Waals surface area contributed by atoms with Crippen molar-refractivity contribution in [3.8, 4) is 11.8 Å². The molecule has 1 aromatic heterocycles. The second-order valence-corrected chi connectivity index (χ2v) is 8.43. The van der Waals surface area contributed by atoms with Crippen molar-refractivity contribution < 1.29 is 13.2 Å². The molecule has 2 aromatic rings. The van der Waals surface area contributed by atoms with Crippen LogP contribution in [0.15, 0.2) is 32.3 Å². The molecule has 0 atom stereocenters. The summed E-state index contributed by atoms with van der Waals surface area (Å²) in [6.07, 6.45) is 0. The lowest BCUT2D eigenvalue weighted by molar-refractivity contribution is 0.416. The van der Waals surface area contributed by atoms with Crippen molar-refractivity contribution in [1.82, 2.24) is 0 Å². The van der Waals surface area contributed by atoms with E-state index in [1.807, 2.05) is 13.0 Å². The van der Waals surface area contributed by atoms with Gasteiger partial charge in [-0.1, -0.05) is 0 Å². The van der Waals surface area contributed by atoms with Gasteiger partial charge in [0.25, 0.3) is 10.0 Å². The lowest BCUT2D eigenvalue weighted by Crippen LogP contribution is -2.12. The normalized spacial score (nSPS) is 11.0. The highest BCUT2D eigenvalue weighted by Gasteiger charge is 2.20. The number of benzene rings is 1. The highest BCUT2D eigenvalue weighted by Crippen LogP contribution is 2.33. The summed E-state index contributed by atoms with van der Waals surface area (Å²) in [5.74, 6) is 0.296. The number of nitrogens with zero attached hydrogens (tertiary/aromatic N) is 1. The average molecular weight is 387 g/mol. The number of nitrogens with one attached hydrogen (secondary N) is 1. The minimum absolute atomic E-state index is 0.207. The summed E-state index contributed by atoms with van der Waals surface area (Å²) < 4.78 is 33.3. The molecule has 0 saturated heterocycles. The van der Waals surface area contributed by atoms with Gasteiger partial charge in [-0.2, -0.15) is 5.26 Å². The molecule has 0 bridgehead atoms. The van der Waals surface area contributed by atoms with Crippen LogP contribution in [0.25, 0.3) is 0 Å². The van der Waals surface area contributed by atoms with E-state index in [-0.39, 0.29) is 4.21 Å². The van der Waals surface area contributed by atoms with Gasteiger partial charge < -0.3 is 4.74 Å². The number of aryl methyl sites for hydroxylation is 1. The third-order valence-corrected chi connectivity index (χ3v) is 6.65. The number of hydrogen-bond acceptors (Lipinski definition) is 5. The number of ether oxygens (including phenoxy) is 1. The van der Waals surface area contributed by atoms with Gasteiger partial charge in [-0.25, -0.2) is 8.42 Å². The quantitative estimate of drug-likeness (QED) is 0.871. The van der Waals surface area contributed by atoms with Crippen LogP contribution in [-0.2, 0) is 10.0 Å². The van der Waals surface area contributed by atoms with Gasteiger partial charge in [0.1, 0.15) is 9.96 Å². The standard InChI is InChI=1S/C13H11BrN2O3S2/c1-8-5-12(20-13(8)14)21(17,18)16-10-4-3-9(7-15)6-11(10)19-2/h3-6,16H,1-2H3. The van der Waals surface area contributed by atoms with E-state index >= 15 is 0 Å². The molecule has 0 fully saturated rings. The van der Waals surface area contributed by atoms with Gasteiger partial charge in [0.15, 0.2) is 0 Å². The van der Waals surface area contributed by atoms with Crippen LogP contribution >= 0.6 is 27.3 Å². The molecule has 0 amide bonds. The van der Waals surface area contributed by atoms with Crippen LogP contribution in [0.5, 0.6) is 5.75 Å². The number of methoxy groups -OCH3 is 1. The van der Waals surface area contributed by atoms with Crippen molar-refractivity contribution >= 4 is 43.0 Å². The van der Waals surface area contributed by atoms with E-state index in [1.54, 1.807) is 6.07 Å². The molecule has 1 aromatic carbocycles. The maximum Gasteiger partial charge on any atom is 0.271 e. The number of nitriles is 1.